The fourth-order valence-corrected chi connectivity index (χ4v) is 2.65. The van der Waals surface area contributed by atoms with Crippen LogP contribution >= 0.6 is 0 Å². The summed E-state index contributed by atoms with van der Waals surface area (Å²) in [4.78, 5) is 0. The van der Waals surface area contributed by atoms with Crippen molar-refractivity contribution >= 4 is 22.7 Å². The SMILES string of the molecule is NCc1cc(Nc2ccc(F)cc2)c(Nc2ccc(F)cc2)cc1CN. The molecule has 0 heterocycles. The van der Waals surface area contributed by atoms with Crippen molar-refractivity contribution in [3.8, 4) is 0 Å². The lowest BCUT2D eigenvalue weighted by atomic mass is 10.0. The summed E-state index contributed by atoms with van der Waals surface area (Å²) >= 11 is 0. The molecular formula is C20H20F2N4. The van der Waals surface area contributed by atoms with E-state index in [-0.39, 0.29) is 11.6 Å². The van der Waals surface area contributed by atoms with Crippen LogP contribution in [0.15, 0.2) is 60.7 Å². The van der Waals surface area contributed by atoms with Gasteiger partial charge in [-0.1, -0.05) is 0 Å². The number of halogens is 2. The third kappa shape index (κ3) is 4.17. The Hall–Kier alpha value is -2.96. The Labute approximate surface area is 150 Å². The van der Waals surface area contributed by atoms with Gasteiger partial charge < -0.3 is 22.1 Å². The first-order valence-electron chi connectivity index (χ1n) is 8.20. The highest BCUT2D eigenvalue weighted by atomic mass is 19.1. The lowest BCUT2D eigenvalue weighted by Crippen LogP contribution is -2.09. The summed E-state index contributed by atoms with van der Waals surface area (Å²) in [6.45, 7) is 0.697. The quantitative estimate of drug-likeness (QED) is 0.530. The van der Waals surface area contributed by atoms with Crippen LogP contribution in [0.4, 0.5) is 31.5 Å². The van der Waals surface area contributed by atoms with Crippen LogP contribution in [-0.2, 0) is 13.1 Å². The molecule has 0 atom stereocenters. The summed E-state index contributed by atoms with van der Waals surface area (Å²) < 4.78 is 26.3. The second-order valence-corrected chi connectivity index (χ2v) is 5.84. The van der Waals surface area contributed by atoms with E-state index in [1.165, 1.54) is 24.3 Å². The first kappa shape index (κ1) is 17.8. The van der Waals surface area contributed by atoms with Crippen molar-refractivity contribution in [1.29, 1.82) is 0 Å². The van der Waals surface area contributed by atoms with Gasteiger partial charge in [0, 0.05) is 24.5 Å². The topological polar surface area (TPSA) is 76.1 Å². The van der Waals surface area contributed by atoms with Gasteiger partial charge >= 0.3 is 0 Å². The van der Waals surface area contributed by atoms with E-state index in [4.69, 9.17) is 11.5 Å². The predicted octanol–water partition coefficient (Wildman–Crippen LogP) is 4.37. The molecule has 6 heteroatoms. The molecule has 3 aromatic rings. The van der Waals surface area contributed by atoms with Crippen molar-refractivity contribution in [2.75, 3.05) is 10.6 Å². The molecule has 0 aliphatic rings. The second-order valence-electron chi connectivity index (χ2n) is 5.84. The van der Waals surface area contributed by atoms with Crippen molar-refractivity contribution in [2.45, 2.75) is 13.1 Å². The molecule has 0 bridgehead atoms. The van der Waals surface area contributed by atoms with Gasteiger partial charge in [-0.2, -0.15) is 0 Å². The van der Waals surface area contributed by atoms with Gasteiger partial charge in [-0.3, -0.25) is 0 Å². The van der Waals surface area contributed by atoms with Gasteiger partial charge in [-0.25, -0.2) is 8.78 Å². The van der Waals surface area contributed by atoms with Crippen LogP contribution in [0, 0.1) is 11.6 Å². The molecule has 6 N–H and O–H groups in total. The number of benzene rings is 3. The van der Waals surface area contributed by atoms with Crippen LogP contribution in [-0.4, -0.2) is 0 Å². The number of hydrogen-bond donors (Lipinski definition) is 4. The molecule has 0 saturated carbocycles. The van der Waals surface area contributed by atoms with Gasteiger partial charge in [0.25, 0.3) is 0 Å². The number of nitrogens with two attached hydrogens (primary N) is 2. The Bertz CT molecular complexity index is 803. The molecule has 0 spiro atoms. The third-order valence-corrected chi connectivity index (χ3v) is 4.03. The summed E-state index contributed by atoms with van der Waals surface area (Å²) in [5, 5.41) is 6.52. The average Bonchev–Trinajstić information content (AvgIpc) is 2.66. The molecule has 3 aromatic carbocycles. The van der Waals surface area contributed by atoms with Crippen LogP contribution < -0.4 is 22.1 Å². The lowest BCUT2D eigenvalue weighted by molar-refractivity contribution is 0.627. The normalized spacial score (nSPS) is 10.6. The number of anilines is 4. The van der Waals surface area contributed by atoms with Gasteiger partial charge in [-0.05, 0) is 71.8 Å². The number of hydrogen-bond acceptors (Lipinski definition) is 4. The van der Waals surface area contributed by atoms with Crippen molar-refractivity contribution in [2.24, 2.45) is 11.5 Å². The van der Waals surface area contributed by atoms with E-state index in [1.807, 2.05) is 12.1 Å². The molecular weight excluding hydrogens is 334 g/mol. The monoisotopic (exact) mass is 354 g/mol. The Kier molecular flexibility index (Phi) is 5.46. The van der Waals surface area contributed by atoms with Crippen LogP contribution in [0.1, 0.15) is 11.1 Å². The fourth-order valence-electron chi connectivity index (χ4n) is 2.65. The second kappa shape index (κ2) is 7.95. The molecule has 0 aliphatic carbocycles. The lowest BCUT2D eigenvalue weighted by Gasteiger charge is -2.18. The van der Waals surface area contributed by atoms with E-state index in [0.717, 1.165) is 33.9 Å². The minimum Gasteiger partial charge on any atom is -0.354 e. The molecule has 0 aromatic heterocycles. The van der Waals surface area contributed by atoms with Crippen LogP contribution in [0.3, 0.4) is 0 Å². The third-order valence-electron chi connectivity index (χ3n) is 4.03. The molecule has 0 radical (unpaired) electrons. The maximum atomic E-state index is 13.1. The molecule has 0 aliphatic heterocycles. The number of nitrogens with one attached hydrogen (secondary N) is 2. The minimum absolute atomic E-state index is 0.304. The molecule has 0 unspecified atom stereocenters. The highest BCUT2D eigenvalue weighted by Crippen LogP contribution is 2.32. The predicted molar refractivity (Wildman–Crippen MR) is 102 cm³/mol. The molecule has 0 fully saturated rings. The number of rotatable bonds is 6. The zero-order valence-corrected chi connectivity index (χ0v) is 14.1. The summed E-state index contributed by atoms with van der Waals surface area (Å²) in [7, 11) is 0. The van der Waals surface area contributed by atoms with Crippen molar-refractivity contribution < 1.29 is 8.78 Å². The molecule has 26 heavy (non-hydrogen) atoms. The summed E-state index contributed by atoms with van der Waals surface area (Å²) in [6.07, 6.45) is 0. The van der Waals surface area contributed by atoms with Crippen LogP contribution in [0.2, 0.25) is 0 Å². The van der Waals surface area contributed by atoms with E-state index >= 15 is 0 Å². The van der Waals surface area contributed by atoms with E-state index < -0.39 is 0 Å². The standard InChI is InChI=1S/C20H20F2N4/c21-15-1-5-17(6-2-15)25-19-9-13(11-23)14(12-24)10-20(19)26-18-7-3-16(22)4-8-18/h1-10,25-26H,11-12,23-24H2. The molecule has 0 amide bonds. The first-order valence-corrected chi connectivity index (χ1v) is 8.20. The van der Waals surface area contributed by atoms with E-state index in [9.17, 15) is 8.78 Å². The molecule has 3 rings (SSSR count). The van der Waals surface area contributed by atoms with Crippen molar-refractivity contribution in [3.63, 3.8) is 0 Å². The van der Waals surface area contributed by atoms with Gasteiger partial charge in [0.2, 0.25) is 0 Å². The summed E-state index contributed by atoms with van der Waals surface area (Å²) in [5.74, 6) is -0.609. The zero-order valence-electron chi connectivity index (χ0n) is 14.1. The van der Waals surface area contributed by atoms with E-state index in [0.29, 0.717) is 13.1 Å². The summed E-state index contributed by atoms with van der Waals surface area (Å²) in [6, 6.07) is 16.0. The van der Waals surface area contributed by atoms with Crippen LogP contribution in [0.5, 0.6) is 0 Å². The van der Waals surface area contributed by atoms with Crippen molar-refractivity contribution in [1.82, 2.24) is 0 Å². The molecule has 0 saturated heterocycles. The highest BCUT2D eigenvalue weighted by molar-refractivity contribution is 5.79. The van der Waals surface area contributed by atoms with Gasteiger partial charge in [0.05, 0.1) is 11.4 Å². The van der Waals surface area contributed by atoms with E-state index in [1.54, 1.807) is 24.3 Å². The molecule has 4 nitrogen and oxygen atoms in total. The fraction of sp³-hybridized carbons (Fsp3) is 0.100. The van der Waals surface area contributed by atoms with Gasteiger partial charge in [-0.15, -0.1) is 0 Å². The van der Waals surface area contributed by atoms with Crippen molar-refractivity contribution in [3.05, 3.63) is 83.4 Å². The Morgan fingerprint density at radius 2 is 0.962 bits per heavy atom. The summed E-state index contributed by atoms with van der Waals surface area (Å²) in [5.41, 5.74) is 16.5. The van der Waals surface area contributed by atoms with Gasteiger partial charge in [0.1, 0.15) is 11.6 Å². The molecule has 134 valence electrons. The highest BCUT2D eigenvalue weighted by Gasteiger charge is 2.10. The zero-order chi connectivity index (χ0) is 18.5. The van der Waals surface area contributed by atoms with Gasteiger partial charge in [0.15, 0.2) is 0 Å². The largest absolute Gasteiger partial charge is 0.354 e. The van der Waals surface area contributed by atoms with E-state index in [2.05, 4.69) is 10.6 Å². The maximum absolute atomic E-state index is 13.1. The maximum Gasteiger partial charge on any atom is 0.123 e. The smallest absolute Gasteiger partial charge is 0.123 e. The average molecular weight is 354 g/mol. The Morgan fingerprint density at radius 1 is 0.615 bits per heavy atom. The Balaban J connectivity index is 1.98. The minimum atomic E-state index is -0.304. The Morgan fingerprint density at radius 3 is 1.27 bits per heavy atom. The first-order chi connectivity index (χ1) is 12.6. The van der Waals surface area contributed by atoms with Crippen LogP contribution in [0.25, 0.3) is 0 Å².